The Morgan fingerprint density at radius 2 is 2.06 bits per heavy atom. The van der Waals surface area contributed by atoms with Gasteiger partial charge in [0.15, 0.2) is 0 Å². The van der Waals surface area contributed by atoms with Gasteiger partial charge in [-0.2, -0.15) is 0 Å². The highest BCUT2D eigenvalue weighted by molar-refractivity contribution is 7.10. The van der Waals surface area contributed by atoms with Crippen molar-refractivity contribution in [3.63, 3.8) is 0 Å². The van der Waals surface area contributed by atoms with Crippen LogP contribution in [0.2, 0.25) is 0 Å². The van der Waals surface area contributed by atoms with E-state index in [1.54, 1.807) is 0 Å². The molecule has 0 aliphatic carbocycles. The molecule has 17 heavy (non-hydrogen) atoms. The molecule has 0 saturated carbocycles. The number of nitrogens with zero attached hydrogens (tertiary/aromatic N) is 1. The van der Waals surface area contributed by atoms with Gasteiger partial charge < -0.3 is 9.31 Å². The van der Waals surface area contributed by atoms with Crippen LogP contribution in [-0.2, 0) is 15.7 Å². The molecule has 0 amide bonds. The molecule has 1 aromatic rings. The minimum absolute atomic E-state index is 0.256. The first-order valence-corrected chi connectivity index (χ1v) is 6.22. The van der Waals surface area contributed by atoms with Gasteiger partial charge in [-0.3, -0.25) is 4.98 Å². The second kappa shape index (κ2) is 4.37. The average molecular weight is 260 g/mol. The standard InChI is InChI=1S/C12H20BNO2S/c1-6-7-10-14-9(8-17-10)13-15-11(2,3)12(4,5)16-13/h8H,6-7H2,1-5H3/i1D3,6D2,7D2. The van der Waals surface area contributed by atoms with Gasteiger partial charge in [-0.05, 0) is 40.4 Å². The number of thiazole rings is 1. The smallest absolute Gasteiger partial charge is 0.398 e. The van der Waals surface area contributed by atoms with Crippen LogP contribution in [-0.4, -0.2) is 23.3 Å². The summed E-state index contributed by atoms with van der Waals surface area (Å²) < 4.78 is 64.8. The van der Waals surface area contributed by atoms with Crippen LogP contribution in [0.25, 0.3) is 0 Å². The number of rotatable bonds is 3. The van der Waals surface area contributed by atoms with E-state index in [1.807, 2.05) is 27.7 Å². The van der Waals surface area contributed by atoms with Crippen LogP contribution in [0.3, 0.4) is 0 Å². The molecule has 0 atom stereocenters. The zero-order valence-electron chi connectivity index (χ0n) is 17.3. The Labute approximate surface area is 118 Å². The van der Waals surface area contributed by atoms with Crippen molar-refractivity contribution < 1.29 is 18.9 Å². The van der Waals surface area contributed by atoms with Crippen LogP contribution in [0, 0.1) is 0 Å². The summed E-state index contributed by atoms with van der Waals surface area (Å²) in [5.74, 6) is 0. The van der Waals surface area contributed by atoms with E-state index >= 15 is 0 Å². The Morgan fingerprint density at radius 1 is 1.41 bits per heavy atom. The molecule has 1 saturated heterocycles. The van der Waals surface area contributed by atoms with Crippen LogP contribution >= 0.6 is 11.3 Å². The van der Waals surface area contributed by atoms with Crippen molar-refractivity contribution in [3.05, 3.63) is 10.4 Å². The lowest BCUT2D eigenvalue weighted by Gasteiger charge is -2.32. The van der Waals surface area contributed by atoms with E-state index in [0.717, 1.165) is 11.3 Å². The maximum absolute atomic E-state index is 7.96. The highest BCUT2D eigenvalue weighted by atomic mass is 32.1. The summed E-state index contributed by atoms with van der Waals surface area (Å²) in [7, 11) is -0.811. The molecule has 0 N–H and O–H groups in total. The first kappa shape index (κ1) is 6.69. The van der Waals surface area contributed by atoms with Crippen molar-refractivity contribution in [1.29, 1.82) is 0 Å². The predicted octanol–water partition coefficient (Wildman–Crippen LogP) is 2.39. The maximum atomic E-state index is 7.96. The van der Waals surface area contributed by atoms with Crippen LogP contribution in [0.1, 0.15) is 55.5 Å². The number of aryl methyl sites for hydroxylation is 1. The summed E-state index contributed by atoms with van der Waals surface area (Å²) in [6, 6.07) is 0. The fourth-order valence-corrected chi connectivity index (χ4v) is 2.13. The highest BCUT2D eigenvalue weighted by Gasteiger charge is 2.52. The van der Waals surface area contributed by atoms with E-state index in [-0.39, 0.29) is 5.01 Å². The Balaban J connectivity index is 2.32. The van der Waals surface area contributed by atoms with Crippen molar-refractivity contribution in [2.75, 3.05) is 0 Å². The summed E-state index contributed by atoms with van der Waals surface area (Å²) in [6.07, 6.45) is -5.85. The molecule has 1 aliphatic heterocycles. The Hall–Kier alpha value is -0.385. The molecule has 5 heteroatoms. The molecular formula is C12H20BNO2S. The normalized spacial score (nSPS) is 30.6. The molecule has 0 unspecified atom stereocenters. The molecule has 94 valence electrons. The summed E-state index contributed by atoms with van der Waals surface area (Å²) in [4.78, 5) is 4.08. The Morgan fingerprint density at radius 3 is 2.65 bits per heavy atom. The molecule has 1 aliphatic rings. The van der Waals surface area contributed by atoms with Crippen molar-refractivity contribution >= 4 is 24.0 Å². The van der Waals surface area contributed by atoms with Crippen molar-refractivity contribution in [2.45, 2.75) is 58.5 Å². The minimum atomic E-state index is -3.12. The maximum Gasteiger partial charge on any atom is 0.515 e. The summed E-state index contributed by atoms with van der Waals surface area (Å²) in [6.45, 7) is 4.35. The third kappa shape index (κ3) is 2.42. The topological polar surface area (TPSA) is 31.4 Å². The zero-order valence-corrected chi connectivity index (χ0v) is 11.1. The van der Waals surface area contributed by atoms with Crippen LogP contribution in [0.5, 0.6) is 0 Å². The molecule has 3 nitrogen and oxygen atoms in total. The molecule has 1 fully saturated rings. The molecule has 0 radical (unpaired) electrons. The lowest BCUT2D eigenvalue weighted by Crippen LogP contribution is -2.41. The lowest BCUT2D eigenvalue weighted by molar-refractivity contribution is 0.00578. The molecule has 0 aromatic carbocycles. The average Bonchev–Trinajstić information content (AvgIpc) is 2.92. The Kier molecular flexibility index (Phi) is 1.72. The molecule has 2 rings (SSSR count). The van der Waals surface area contributed by atoms with Crippen LogP contribution in [0.4, 0.5) is 0 Å². The van der Waals surface area contributed by atoms with E-state index in [0.29, 0.717) is 5.59 Å². The van der Waals surface area contributed by atoms with Gasteiger partial charge in [-0.25, -0.2) is 0 Å². The van der Waals surface area contributed by atoms with Gasteiger partial charge in [0.1, 0.15) is 0 Å². The molecule has 0 spiro atoms. The van der Waals surface area contributed by atoms with E-state index in [2.05, 4.69) is 4.98 Å². The molecule has 1 aromatic heterocycles. The van der Waals surface area contributed by atoms with Crippen LogP contribution in [0.15, 0.2) is 5.38 Å². The van der Waals surface area contributed by atoms with Gasteiger partial charge in [-0.1, -0.05) is 6.85 Å². The number of hydrogen-bond donors (Lipinski definition) is 0. The highest BCUT2D eigenvalue weighted by Crippen LogP contribution is 2.36. The molecular weight excluding hydrogens is 233 g/mol. The fourth-order valence-electron chi connectivity index (χ4n) is 1.47. The summed E-state index contributed by atoms with van der Waals surface area (Å²) in [5, 5.41) is 1.25. The molecule has 0 bridgehead atoms. The third-order valence-corrected chi connectivity index (χ3v) is 3.96. The Bertz CT molecular complexity index is 613. The van der Waals surface area contributed by atoms with E-state index in [1.165, 1.54) is 5.38 Å². The molecule has 2 heterocycles. The lowest BCUT2D eigenvalue weighted by atomic mass is 9.86. The number of hydrogen-bond acceptors (Lipinski definition) is 4. The second-order valence-corrected chi connectivity index (χ2v) is 5.77. The minimum Gasteiger partial charge on any atom is -0.398 e. The fraction of sp³-hybridized carbons (Fsp3) is 0.750. The summed E-state index contributed by atoms with van der Waals surface area (Å²) in [5.41, 5.74) is -0.875. The monoisotopic (exact) mass is 260 g/mol. The first-order chi connectivity index (χ1) is 10.5. The first-order valence-electron chi connectivity index (χ1n) is 8.84. The van der Waals surface area contributed by atoms with Crippen molar-refractivity contribution in [2.24, 2.45) is 0 Å². The quantitative estimate of drug-likeness (QED) is 0.782. The van der Waals surface area contributed by atoms with Gasteiger partial charge in [0.05, 0.1) is 21.8 Å². The SMILES string of the molecule is [2H]C([2H])([2H])C([2H])([2H])C([2H])([2H])c1nc(B2OC(C)(C)C(C)(C)O2)cs1. The second-order valence-electron chi connectivity index (χ2n) is 4.92. The van der Waals surface area contributed by atoms with Gasteiger partial charge in [0.2, 0.25) is 0 Å². The van der Waals surface area contributed by atoms with Gasteiger partial charge in [-0.15, -0.1) is 11.3 Å². The van der Waals surface area contributed by atoms with Crippen LogP contribution < -0.4 is 5.59 Å². The van der Waals surface area contributed by atoms with E-state index in [4.69, 9.17) is 18.9 Å². The predicted molar refractivity (Wildman–Crippen MR) is 71.8 cm³/mol. The number of aromatic nitrogens is 1. The van der Waals surface area contributed by atoms with Gasteiger partial charge in [0, 0.05) is 15.0 Å². The van der Waals surface area contributed by atoms with E-state index in [9.17, 15) is 0 Å². The van der Waals surface area contributed by atoms with Crippen molar-refractivity contribution in [3.8, 4) is 0 Å². The van der Waals surface area contributed by atoms with Gasteiger partial charge >= 0.3 is 7.12 Å². The van der Waals surface area contributed by atoms with Crippen molar-refractivity contribution in [1.82, 2.24) is 4.98 Å². The summed E-state index contributed by atoms with van der Waals surface area (Å²) >= 11 is 0.850. The zero-order chi connectivity index (χ0) is 18.8. The van der Waals surface area contributed by atoms with Gasteiger partial charge in [0.25, 0.3) is 0 Å². The third-order valence-electron chi connectivity index (χ3n) is 3.19. The largest absolute Gasteiger partial charge is 0.515 e. The van der Waals surface area contributed by atoms with E-state index < -0.39 is 37.9 Å².